The molecule has 1 aromatic heterocycles. The summed E-state index contributed by atoms with van der Waals surface area (Å²) < 4.78 is 20.6. The molecule has 0 aliphatic carbocycles. The van der Waals surface area contributed by atoms with E-state index in [1.165, 1.54) is 19.1 Å². The highest BCUT2D eigenvalue weighted by Gasteiger charge is 2.27. The molecule has 2 aromatic carbocycles. The van der Waals surface area contributed by atoms with E-state index in [0.717, 1.165) is 31.5 Å². The van der Waals surface area contributed by atoms with Crippen molar-refractivity contribution in [2.75, 3.05) is 23.3 Å². The molecule has 180 valence electrons. The molecule has 1 saturated heterocycles. The maximum Gasteiger partial charge on any atom is 0.337 e. The second-order valence-electron chi connectivity index (χ2n) is 10.1. The second-order valence-corrected chi connectivity index (χ2v) is 10.1. The number of carboxylic acids is 1. The number of anilines is 2. The first-order valence-electron chi connectivity index (χ1n) is 11.6. The van der Waals surface area contributed by atoms with Crippen LogP contribution in [0.15, 0.2) is 39.5 Å². The lowest BCUT2D eigenvalue weighted by atomic mass is 9.83. The number of carbonyl (C=O) groups is 1. The van der Waals surface area contributed by atoms with Crippen molar-refractivity contribution in [1.29, 1.82) is 0 Å². The zero-order valence-electron chi connectivity index (χ0n) is 20.3. The highest BCUT2D eigenvalue weighted by molar-refractivity contribution is 5.94. The number of aryl methyl sites for hydroxylation is 2. The van der Waals surface area contributed by atoms with Crippen LogP contribution in [0.1, 0.15) is 66.7 Å². The highest BCUT2D eigenvalue weighted by Crippen LogP contribution is 2.35. The lowest BCUT2D eigenvalue weighted by Gasteiger charge is -2.37. The molecule has 1 unspecified atom stereocenters. The molecule has 34 heavy (non-hydrogen) atoms. The third kappa shape index (κ3) is 4.65. The number of rotatable bonds is 5. The Kier molecular flexibility index (Phi) is 6.14. The summed E-state index contributed by atoms with van der Waals surface area (Å²) >= 11 is 0. The number of carboxylic acid groups (broad SMARTS) is 1. The Morgan fingerprint density at radius 1 is 1.15 bits per heavy atom. The number of nitrogens with one attached hydrogen (secondary N) is 1. The first-order chi connectivity index (χ1) is 15.9. The minimum absolute atomic E-state index is 0.0132. The third-order valence-electron chi connectivity index (χ3n) is 6.79. The maximum atomic E-state index is 14.3. The number of aromatic carboxylic acids is 1. The van der Waals surface area contributed by atoms with Gasteiger partial charge in [0.2, 0.25) is 0 Å². The van der Waals surface area contributed by atoms with Crippen LogP contribution in [-0.2, 0) is 0 Å². The van der Waals surface area contributed by atoms with Crippen molar-refractivity contribution in [2.45, 2.75) is 53.5 Å². The molecule has 0 amide bonds. The molecule has 0 spiro atoms. The van der Waals surface area contributed by atoms with Gasteiger partial charge in [-0.15, -0.1) is 0 Å². The lowest BCUT2D eigenvalue weighted by molar-refractivity contribution is 0.0697. The molecule has 2 N–H and O–H groups in total. The summed E-state index contributed by atoms with van der Waals surface area (Å²) in [5, 5.41) is 13.2. The maximum absolute atomic E-state index is 14.3. The molecule has 6 nitrogen and oxygen atoms in total. The van der Waals surface area contributed by atoms with E-state index in [1.807, 2.05) is 19.9 Å². The first kappa shape index (κ1) is 23.8. The van der Waals surface area contributed by atoms with Gasteiger partial charge in [0.05, 0.1) is 22.7 Å². The van der Waals surface area contributed by atoms with Crippen molar-refractivity contribution >= 4 is 28.5 Å². The average molecular weight is 467 g/mol. The predicted octanol–water partition coefficient (Wildman–Crippen LogP) is 6.05. The summed E-state index contributed by atoms with van der Waals surface area (Å²) in [6.45, 7) is 11.4. The van der Waals surface area contributed by atoms with Gasteiger partial charge < -0.3 is 19.7 Å². The zero-order chi connectivity index (χ0) is 24.8. The van der Waals surface area contributed by atoms with Gasteiger partial charge in [-0.05, 0) is 68.4 Å². The van der Waals surface area contributed by atoms with E-state index in [-0.39, 0.29) is 27.7 Å². The molecule has 7 heteroatoms. The fourth-order valence-corrected chi connectivity index (χ4v) is 4.52. The van der Waals surface area contributed by atoms with Crippen molar-refractivity contribution in [3.05, 3.63) is 68.6 Å². The highest BCUT2D eigenvalue weighted by atomic mass is 19.1. The van der Waals surface area contributed by atoms with Crippen LogP contribution in [-0.4, -0.2) is 24.2 Å². The van der Waals surface area contributed by atoms with E-state index in [4.69, 9.17) is 4.42 Å². The summed E-state index contributed by atoms with van der Waals surface area (Å²) in [5.74, 6) is -1.10. The van der Waals surface area contributed by atoms with E-state index >= 15 is 0 Å². The minimum Gasteiger partial charge on any atom is -0.478 e. The van der Waals surface area contributed by atoms with Gasteiger partial charge in [-0.25, -0.2) is 9.18 Å². The van der Waals surface area contributed by atoms with Gasteiger partial charge in [-0.3, -0.25) is 4.79 Å². The number of benzene rings is 2. The Balaban J connectivity index is 1.77. The standard InChI is InChI=1S/C27H31FN2O4/c1-15-10-18(17(3)29-22-13-21(28)16(2)12-19(22)26(32)33)25-20(11-15)23(31)14-24(34-25)30-8-6-27(4,5)7-9-30/h10-14,17,29H,6-9H2,1-5H3,(H,32,33). The van der Waals surface area contributed by atoms with Crippen LogP contribution in [0.3, 0.4) is 0 Å². The number of piperidine rings is 1. The van der Waals surface area contributed by atoms with E-state index in [0.29, 0.717) is 22.4 Å². The van der Waals surface area contributed by atoms with E-state index in [2.05, 4.69) is 24.1 Å². The number of halogens is 1. The molecule has 1 atom stereocenters. The normalized spacial score (nSPS) is 16.5. The summed E-state index contributed by atoms with van der Waals surface area (Å²) in [6.07, 6.45) is 2.01. The zero-order valence-corrected chi connectivity index (χ0v) is 20.3. The smallest absolute Gasteiger partial charge is 0.337 e. The Morgan fingerprint density at radius 3 is 2.47 bits per heavy atom. The molecular formula is C27H31FN2O4. The van der Waals surface area contributed by atoms with Crippen LogP contribution >= 0.6 is 0 Å². The number of hydrogen-bond donors (Lipinski definition) is 2. The topological polar surface area (TPSA) is 82.8 Å². The predicted molar refractivity (Wildman–Crippen MR) is 133 cm³/mol. The van der Waals surface area contributed by atoms with Crippen molar-refractivity contribution in [3.8, 4) is 0 Å². The SMILES string of the molecule is Cc1cc(C(C)Nc2cc(F)c(C)cc2C(=O)O)c2oc(N3CCC(C)(C)CC3)cc(=O)c2c1. The fraction of sp³-hybridized carbons (Fsp3) is 0.407. The van der Waals surface area contributed by atoms with Crippen LogP contribution in [0.5, 0.6) is 0 Å². The molecule has 1 aliphatic rings. The van der Waals surface area contributed by atoms with Gasteiger partial charge in [-0.2, -0.15) is 0 Å². The average Bonchev–Trinajstić information content (AvgIpc) is 2.75. The lowest BCUT2D eigenvalue weighted by Crippen LogP contribution is -2.37. The number of nitrogens with zero attached hydrogens (tertiary/aromatic N) is 1. The van der Waals surface area contributed by atoms with Gasteiger partial charge in [0, 0.05) is 24.7 Å². The Morgan fingerprint density at radius 2 is 1.82 bits per heavy atom. The fourth-order valence-electron chi connectivity index (χ4n) is 4.52. The molecular weight excluding hydrogens is 435 g/mol. The Hall–Kier alpha value is -3.35. The van der Waals surface area contributed by atoms with Gasteiger partial charge in [0.15, 0.2) is 11.3 Å². The summed E-state index contributed by atoms with van der Waals surface area (Å²) in [5.41, 5.74) is 2.62. The largest absolute Gasteiger partial charge is 0.478 e. The Labute approximate surface area is 198 Å². The summed E-state index contributed by atoms with van der Waals surface area (Å²) in [6, 6.07) is 7.34. The van der Waals surface area contributed by atoms with E-state index in [1.54, 1.807) is 12.1 Å². The molecule has 4 rings (SSSR count). The van der Waals surface area contributed by atoms with Crippen LogP contribution in [0.25, 0.3) is 11.0 Å². The van der Waals surface area contributed by atoms with E-state index in [9.17, 15) is 19.1 Å². The third-order valence-corrected chi connectivity index (χ3v) is 6.79. The Bertz CT molecular complexity index is 1320. The monoisotopic (exact) mass is 466 g/mol. The van der Waals surface area contributed by atoms with Crippen molar-refractivity contribution in [2.24, 2.45) is 5.41 Å². The van der Waals surface area contributed by atoms with Gasteiger partial charge >= 0.3 is 5.97 Å². The van der Waals surface area contributed by atoms with Gasteiger partial charge in [-0.1, -0.05) is 19.9 Å². The van der Waals surface area contributed by atoms with Crippen molar-refractivity contribution in [3.63, 3.8) is 0 Å². The summed E-state index contributed by atoms with van der Waals surface area (Å²) in [4.78, 5) is 26.9. The molecule has 0 radical (unpaired) electrons. The number of fused-ring (bicyclic) bond motifs is 1. The van der Waals surface area contributed by atoms with Crippen molar-refractivity contribution < 1.29 is 18.7 Å². The van der Waals surface area contributed by atoms with Crippen LogP contribution in [0.2, 0.25) is 0 Å². The quantitative estimate of drug-likeness (QED) is 0.477. The van der Waals surface area contributed by atoms with Crippen LogP contribution in [0.4, 0.5) is 16.0 Å². The molecule has 0 bridgehead atoms. The van der Waals surface area contributed by atoms with Crippen LogP contribution in [0, 0.1) is 25.1 Å². The van der Waals surface area contributed by atoms with Crippen LogP contribution < -0.4 is 15.6 Å². The molecule has 1 fully saturated rings. The van der Waals surface area contributed by atoms with E-state index < -0.39 is 17.8 Å². The van der Waals surface area contributed by atoms with Crippen molar-refractivity contribution in [1.82, 2.24) is 0 Å². The molecule has 0 saturated carbocycles. The number of hydrogen-bond acceptors (Lipinski definition) is 5. The molecule has 2 heterocycles. The molecule has 1 aliphatic heterocycles. The summed E-state index contributed by atoms with van der Waals surface area (Å²) in [7, 11) is 0. The minimum atomic E-state index is -1.14. The molecule has 3 aromatic rings. The second kappa shape index (κ2) is 8.78. The van der Waals surface area contributed by atoms with Gasteiger partial charge in [0.25, 0.3) is 0 Å². The first-order valence-corrected chi connectivity index (χ1v) is 11.6. The van der Waals surface area contributed by atoms with Gasteiger partial charge in [0.1, 0.15) is 11.4 Å².